The highest BCUT2D eigenvalue weighted by Crippen LogP contribution is 1.95. The molecule has 1 N–H and O–H groups in total. The van der Waals surface area contributed by atoms with Gasteiger partial charge in [-0.15, -0.1) is 0 Å². The number of methoxy groups -OCH3 is 1. The Morgan fingerprint density at radius 2 is 1.89 bits per heavy atom. The normalized spacial score (nSPS) is 7.11. The van der Waals surface area contributed by atoms with Gasteiger partial charge in [0, 0.05) is 0 Å². The summed E-state index contributed by atoms with van der Waals surface area (Å²) in [5.74, 6) is 0. The molecule has 4 heteroatoms. The Balaban J connectivity index is 0. The number of thiocarbonyl (C=S) groups is 1. The second-order valence-corrected chi connectivity index (χ2v) is 2.57. The first-order valence-corrected chi connectivity index (χ1v) is 4.06. The third-order valence-corrected chi connectivity index (χ3v) is 1.50. The summed E-state index contributed by atoms with van der Waals surface area (Å²) in [6, 6.07) is 0. The Hall–Kier alpha value is 0.200. The predicted octanol–water partition coefficient (Wildman–Crippen LogP) is 1.12. The lowest BCUT2D eigenvalue weighted by molar-refractivity contribution is 0.426. The van der Waals surface area contributed by atoms with E-state index in [-0.39, 0.29) is 0 Å². The van der Waals surface area contributed by atoms with Crippen LogP contribution < -0.4 is 5.32 Å². The Kier molecular flexibility index (Phi) is 14.7. The van der Waals surface area contributed by atoms with Crippen LogP contribution in [0, 0.1) is 0 Å². The van der Waals surface area contributed by atoms with E-state index in [4.69, 9.17) is 0 Å². The molecule has 9 heavy (non-hydrogen) atoms. The molecule has 0 heterocycles. The second-order valence-electron chi connectivity index (χ2n) is 1.16. The second kappa shape index (κ2) is 11.1. The lowest BCUT2D eigenvalue weighted by atomic mass is 11.3. The summed E-state index contributed by atoms with van der Waals surface area (Å²) in [5, 5.41) is 2.75. The molecule has 0 aliphatic carbocycles. The molecule has 0 aliphatic heterocycles. The molecule has 0 atom stereocenters. The Morgan fingerprint density at radius 3 is 1.89 bits per heavy atom. The van der Waals surface area contributed by atoms with Gasteiger partial charge in [-0.3, -0.25) is 0 Å². The van der Waals surface area contributed by atoms with Gasteiger partial charge in [0.2, 0.25) is 4.38 Å². The van der Waals surface area contributed by atoms with Gasteiger partial charge in [0.1, 0.15) is 0 Å². The van der Waals surface area contributed by atoms with Crippen LogP contribution >= 0.6 is 24.0 Å². The molecular weight excluding hydrogens is 154 g/mol. The summed E-state index contributed by atoms with van der Waals surface area (Å²) < 4.78 is 5.19. The van der Waals surface area contributed by atoms with Crippen molar-refractivity contribution in [2.45, 2.75) is 0 Å². The fraction of sp³-hybridized carbons (Fsp3) is 0.800. The van der Waals surface area contributed by atoms with Gasteiger partial charge in [0.15, 0.2) is 0 Å². The van der Waals surface area contributed by atoms with Gasteiger partial charge in [-0.1, -0.05) is 11.8 Å². The predicted molar refractivity (Wildman–Crippen MR) is 48.1 cm³/mol. The molecule has 0 rings (SSSR count). The zero-order chi connectivity index (χ0) is 7.70. The molecule has 0 saturated heterocycles. The van der Waals surface area contributed by atoms with E-state index in [9.17, 15) is 0 Å². The van der Waals surface area contributed by atoms with Crippen LogP contribution in [0.15, 0.2) is 0 Å². The maximum Gasteiger partial charge on any atom is 0.219 e. The number of ether oxygens (including phenoxy) is 1. The van der Waals surface area contributed by atoms with Gasteiger partial charge in [-0.25, -0.2) is 0 Å². The topological polar surface area (TPSA) is 21.3 Å². The molecule has 0 saturated carbocycles. The van der Waals surface area contributed by atoms with Gasteiger partial charge < -0.3 is 10.1 Å². The maximum atomic E-state index is 4.60. The summed E-state index contributed by atoms with van der Waals surface area (Å²) in [4.78, 5) is 0. The number of thioether (sulfide) groups is 1. The fourth-order valence-corrected chi connectivity index (χ4v) is 0.250. The van der Waals surface area contributed by atoms with Gasteiger partial charge in [0.05, 0.1) is 7.11 Å². The number of hydrogen-bond acceptors (Lipinski definition) is 4. The molecule has 0 radical (unpaired) electrons. The first-order valence-electron chi connectivity index (χ1n) is 2.43. The minimum atomic E-state index is 0.593. The minimum Gasteiger partial charge on any atom is -0.482 e. The van der Waals surface area contributed by atoms with Crippen molar-refractivity contribution in [3.05, 3.63) is 0 Å². The molecule has 0 aliphatic rings. The van der Waals surface area contributed by atoms with E-state index in [0.29, 0.717) is 4.38 Å². The molecule has 2 nitrogen and oxygen atoms in total. The number of hydrogen-bond donors (Lipinski definition) is 1. The molecule has 0 spiro atoms. The molecule has 56 valence electrons. The zero-order valence-electron chi connectivity index (χ0n) is 6.22. The van der Waals surface area contributed by atoms with Crippen molar-refractivity contribution >= 4 is 28.4 Å². The van der Waals surface area contributed by atoms with Crippen LogP contribution in [0.4, 0.5) is 0 Å². The maximum absolute atomic E-state index is 4.60. The van der Waals surface area contributed by atoms with Crippen molar-refractivity contribution in [2.75, 3.05) is 27.5 Å². The summed E-state index contributed by atoms with van der Waals surface area (Å²) in [6.07, 6.45) is 1.88. The van der Waals surface area contributed by atoms with E-state index < -0.39 is 0 Å². The first-order chi connectivity index (χ1) is 4.22. The third kappa shape index (κ3) is 17.9. The van der Waals surface area contributed by atoms with E-state index >= 15 is 0 Å². The van der Waals surface area contributed by atoms with Crippen LogP contribution in [0.1, 0.15) is 0 Å². The van der Waals surface area contributed by atoms with Crippen LogP contribution in [0.2, 0.25) is 0 Å². The van der Waals surface area contributed by atoms with Crippen LogP contribution in [-0.2, 0) is 4.74 Å². The number of nitrogens with one attached hydrogen (secondary N) is 1. The summed E-state index contributed by atoms with van der Waals surface area (Å²) in [5.41, 5.74) is 0. The van der Waals surface area contributed by atoms with Crippen LogP contribution in [0.25, 0.3) is 0 Å². The minimum absolute atomic E-state index is 0.593. The van der Waals surface area contributed by atoms with E-state index in [2.05, 4.69) is 22.3 Å². The Morgan fingerprint density at radius 1 is 1.56 bits per heavy atom. The highest BCUT2D eigenvalue weighted by atomic mass is 32.2. The van der Waals surface area contributed by atoms with Crippen LogP contribution in [0.3, 0.4) is 0 Å². The average Bonchev–Trinajstić information content (AvgIpc) is 1.88. The Bertz CT molecular complexity index is 62.0. The van der Waals surface area contributed by atoms with Gasteiger partial charge in [0.25, 0.3) is 0 Å². The Labute approximate surface area is 66.4 Å². The molecule has 0 aromatic heterocycles. The summed E-state index contributed by atoms with van der Waals surface area (Å²) in [6.45, 7) is 0. The van der Waals surface area contributed by atoms with Crippen molar-refractivity contribution in [1.29, 1.82) is 0 Å². The lowest BCUT2D eigenvalue weighted by Gasteiger charge is -1.90. The fourth-order valence-electron chi connectivity index (χ4n) is 0.0833. The highest BCUT2D eigenvalue weighted by Gasteiger charge is 1.82. The molecular formula is C5H13NOS2. The van der Waals surface area contributed by atoms with Crippen molar-refractivity contribution in [2.24, 2.45) is 0 Å². The summed E-state index contributed by atoms with van der Waals surface area (Å²) >= 11 is 6.03. The van der Waals surface area contributed by atoms with E-state index in [1.54, 1.807) is 7.11 Å². The van der Waals surface area contributed by atoms with E-state index in [0.717, 1.165) is 0 Å². The van der Waals surface area contributed by atoms with Gasteiger partial charge in [-0.05, 0) is 32.6 Å². The monoisotopic (exact) mass is 167 g/mol. The number of rotatable bonds is 0. The molecule has 0 unspecified atom stereocenters. The molecule has 0 fully saturated rings. The van der Waals surface area contributed by atoms with Gasteiger partial charge >= 0.3 is 0 Å². The van der Waals surface area contributed by atoms with E-state index in [1.807, 2.05) is 20.4 Å². The smallest absolute Gasteiger partial charge is 0.219 e. The lowest BCUT2D eigenvalue weighted by Crippen LogP contribution is -1.89. The molecule has 0 aromatic rings. The molecule has 0 aromatic carbocycles. The zero-order valence-corrected chi connectivity index (χ0v) is 7.86. The van der Waals surface area contributed by atoms with Crippen molar-refractivity contribution in [3.63, 3.8) is 0 Å². The van der Waals surface area contributed by atoms with Gasteiger partial charge in [-0.2, -0.15) is 0 Å². The van der Waals surface area contributed by atoms with E-state index in [1.165, 1.54) is 11.8 Å². The van der Waals surface area contributed by atoms with Crippen LogP contribution in [0.5, 0.6) is 0 Å². The quantitative estimate of drug-likeness (QED) is 0.546. The van der Waals surface area contributed by atoms with Crippen LogP contribution in [-0.4, -0.2) is 31.8 Å². The SMILES string of the molecule is CNC.COC(=S)SC. The van der Waals surface area contributed by atoms with Crippen molar-refractivity contribution < 1.29 is 4.74 Å². The largest absolute Gasteiger partial charge is 0.482 e. The summed E-state index contributed by atoms with van der Waals surface area (Å²) in [7, 11) is 5.32. The van der Waals surface area contributed by atoms with Crippen molar-refractivity contribution in [1.82, 2.24) is 5.32 Å². The molecule has 0 bridgehead atoms. The molecule has 0 amide bonds. The standard InChI is InChI=1S/C3H6OS2.C2H7N/c1-4-3(5)6-2;1-3-2/h1-2H3;3H,1-2H3. The average molecular weight is 167 g/mol. The third-order valence-electron chi connectivity index (χ3n) is 0.333. The van der Waals surface area contributed by atoms with Crippen molar-refractivity contribution in [3.8, 4) is 0 Å². The highest BCUT2D eigenvalue weighted by molar-refractivity contribution is 8.22. The first kappa shape index (κ1) is 11.9.